The van der Waals surface area contributed by atoms with Crippen LogP contribution in [0.3, 0.4) is 0 Å². The fourth-order valence-corrected chi connectivity index (χ4v) is 6.01. The second-order valence-corrected chi connectivity index (χ2v) is 10.7. The number of piperidine rings is 1. The Morgan fingerprint density at radius 1 is 0.947 bits per heavy atom. The number of benzene rings is 2. The van der Waals surface area contributed by atoms with Gasteiger partial charge in [0.2, 0.25) is 0 Å². The van der Waals surface area contributed by atoms with Gasteiger partial charge in [-0.2, -0.15) is 13.2 Å². The average molecular weight is 526 g/mol. The second-order valence-electron chi connectivity index (χ2n) is 10.7. The van der Waals surface area contributed by atoms with E-state index in [0.29, 0.717) is 35.1 Å². The van der Waals surface area contributed by atoms with Crippen molar-refractivity contribution in [1.82, 2.24) is 14.9 Å². The van der Waals surface area contributed by atoms with Crippen molar-refractivity contribution in [1.29, 1.82) is 0 Å². The lowest BCUT2D eigenvalue weighted by atomic mass is 9.81. The van der Waals surface area contributed by atoms with Gasteiger partial charge in [-0.15, -0.1) is 0 Å². The van der Waals surface area contributed by atoms with Crippen molar-refractivity contribution in [2.24, 2.45) is 0 Å². The Balaban J connectivity index is 1.28. The van der Waals surface area contributed by atoms with Crippen molar-refractivity contribution in [3.05, 3.63) is 65.4 Å². The fraction of sp³-hybridized carbons (Fsp3) is 0.467. The van der Waals surface area contributed by atoms with E-state index in [9.17, 15) is 18.0 Å². The summed E-state index contributed by atoms with van der Waals surface area (Å²) < 4.78 is 42.0. The summed E-state index contributed by atoms with van der Waals surface area (Å²) in [5.41, 5.74) is 3.07. The van der Waals surface area contributed by atoms with Crippen LogP contribution >= 0.6 is 0 Å². The zero-order valence-electron chi connectivity index (χ0n) is 21.4. The van der Waals surface area contributed by atoms with E-state index in [1.807, 2.05) is 12.1 Å². The number of carbonyl (C=O) groups is 1. The summed E-state index contributed by atoms with van der Waals surface area (Å²) in [7, 11) is 0. The van der Waals surface area contributed by atoms with E-state index < -0.39 is 17.7 Å². The lowest BCUT2D eigenvalue weighted by Gasteiger charge is -2.31. The predicted octanol–water partition coefficient (Wildman–Crippen LogP) is 7.46. The minimum Gasteiger partial charge on any atom is -0.481 e. The van der Waals surface area contributed by atoms with Crippen LogP contribution in [0.1, 0.15) is 79.9 Å². The molecule has 38 heavy (non-hydrogen) atoms. The van der Waals surface area contributed by atoms with E-state index in [1.165, 1.54) is 11.6 Å². The first kappa shape index (κ1) is 26.5. The molecule has 1 saturated carbocycles. The van der Waals surface area contributed by atoms with Gasteiger partial charge in [-0.05, 0) is 67.8 Å². The molecule has 0 bridgehead atoms. The molecule has 0 atom stereocenters. The number of rotatable bonds is 7. The first-order chi connectivity index (χ1) is 18.3. The molecule has 2 aromatic carbocycles. The molecule has 202 valence electrons. The number of alkyl halides is 3. The maximum atomic E-state index is 14.0. The summed E-state index contributed by atoms with van der Waals surface area (Å²) in [6.45, 7) is 2.37. The monoisotopic (exact) mass is 525 g/mol. The molecule has 0 radical (unpaired) electrons. The number of hydrogen-bond acceptors (Lipinski definition) is 3. The summed E-state index contributed by atoms with van der Waals surface area (Å²) in [5, 5.41) is 8.89. The first-order valence-corrected chi connectivity index (χ1v) is 13.6. The molecule has 5 nitrogen and oxygen atoms in total. The number of carboxylic acid groups (broad SMARTS) is 1. The Morgan fingerprint density at radius 2 is 1.63 bits per heavy atom. The smallest absolute Gasteiger partial charge is 0.416 e. The Labute approximate surface area is 221 Å². The summed E-state index contributed by atoms with van der Waals surface area (Å²) in [4.78, 5) is 20.7. The molecule has 2 fully saturated rings. The van der Waals surface area contributed by atoms with Crippen molar-refractivity contribution < 1.29 is 23.1 Å². The fourth-order valence-electron chi connectivity index (χ4n) is 6.01. The van der Waals surface area contributed by atoms with Crippen molar-refractivity contribution in [2.75, 3.05) is 19.6 Å². The number of aromatic amines is 1. The molecule has 0 amide bonds. The van der Waals surface area contributed by atoms with Gasteiger partial charge in [-0.25, -0.2) is 4.98 Å². The summed E-state index contributed by atoms with van der Waals surface area (Å²) in [6, 6.07) is 12.9. The highest BCUT2D eigenvalue weighted by atomic mass is 19.4. The summed E-state index contributed by atoms with van der Waals surface area (Å²) >= 11 is 0. The number of nitrogens with zero attached hydrogens (tertiary/aromatic N) is 2. The third kappa shape index (κ3) is 6.12. The molecule has 1 aliphatic heterocycles. The van der Waals surface area contributed by atoms with Gasteiger partial charge in [-0.1, -0.05) is 55.7 Å². The molecule has 5 rings (SSSR count). The maximum absolute atomic E-state index is 14.0. The maximum Gasteiger partial charge on any atom is 0.416 e. The van der Waals surface area contributed by atoms with E-state index in [-0.39, 0.29) is 12.3 Å². The predicted molar refractivity (Wildman–Crippen MR) is 141 cm³/mol. The van der Waals surface area contributed by atoms with Gasteiger partial charge >= 0.3 is 12.1 Å². The quantitative estimate of drug-likeness (QED) is 0.336. The molecule has 2 N–H and O–H groups in total. The van der Waals surface area contributed by atoms with Gasteiger partial charge in [0.15, 0.2) is 0 Å². The second kappa shape index (κ2) is 11.3. The van der Waals surface area contributed by atoms with Crippen LogP contribution < -0.4 is 0 Å². The van der Waals surface area contributed by atoms with Gasteiger partial charge in [0, 0.05) is 17.7 Å². The third-order valence-electron chi connectivity index (χ3n) is 8.18. The molecule has 0 unspecified atom stereocenters. The molecule has 1 aromatic heterocycles. The van der Waals surface area contributed by atoms with Crippen molar-refractivity contribution >= 4 is 5.97 Å². The Morgan fingerprint density at radius 3 is 2.29 bits per heavy atom. The number of nitrogens with one attached hydrogen (secondary N) is 1. The van der Waals surface area contributed by atoms with Gasteiger partial charge in [-0.3, -0.25) is 4.79 Å². The van der Waals surface area contributed by atoms with Crippen LogP contribution in [-0.4, -0.2) is 45.6 Å². The summed E-state index contributed by atoms with van der Waals surface area (Å²) in [5.74, 6) is 0.268. The van der Waals surface area contributed by atoms with E-state index in [0.717, 1.165) is 63.6 Å². The summed E-state index contributed by atoms with van der Waals surface area (Å²) in [6.07, 6.45) is 4.06. The van der Waals surface area contributed by atoms with Gasteiger partial charge < -0.3 is 15.0 Å². The van der Waals surface area contributed by atoms with Crippen LogP contribution in [0, 0.1) is 0 Å². The van der Waals surface area contributed by atoms with Gasteiger partial charge in [0.25, 0.3) is 0 Å². The molecular formula is C30H34F3N3O2. The van der Waals surface area contributed by atoms with E-state index in [1.54, 1.807) is 18.3 Å². The van der Waals surface area contributed by atoms with Crippen LogP contribution in [0.2, 0.25) is 0 Å². The zero-order chi connectivity index (χ0) is 26.7. The molecule has 8 heteroatoms. The molecule has 0 spiro atoms. The lowest BCUT2D eigenvalue weighted by molar-refractivity contribution is -0.139. The van der Waals surface area contributed by atoms with E-state index in [2.05, 4.69) is 27.0 Å². The molecule has 2 heterocycles. The number of hydrogen-bond donors (Lipinski definition) is 2. The Kier molecular flexibility index (Phi) is 7.88. The van der Waals surface area contributed by atoms with E-state index >= 15 is 0 Å². The highest BCUT2D eigenvalue weighted by Gasteiger charge is 2.36. The number of aliphatic carboxylic acids is 1. The van der Waals surface area contributed by atoms with Crippen LogP contribution in [0.15, 0.2) is 48.7 Å². The standard InChI is InChI=1S/C30H34F3N3O2/c31-30(32,33)26-18-24(10-11-25(26)22-4-2-1-3-5-22)27-19-34-29(35-27)23-8-6-20(7-9-23)21-12-15-36(16-13-21)17-14-28(37)38/h6-11,18-19,21-22H,1-5,12-17H2,(H,34,35)(H,37,38). The highest BCUT2D eigenvalue weighted by molar-refractivity contribution is 5.67. The topological polar surface area (TPSA) is 69.2 Å². The van der Waals surface area contributed by atoms with E-state index in [4.69, 9.17) is 5.11 Å². The Bertz CT molecular complexity index is 1240. The van der Waals surface area contributed by atoms with Gasteiger partial charge in [0.1, 0.15) is 5.82 Å². The number of carboxylic acids is 1. The Hall–Kier alpha value is -3.13. The molecule has 3 aromatic rings. The van der Waals surface area contributed by atoms with Crippen LogP contribution in [0.5, 0.6) is 0 Å². The minimum absolute atomic E-state index is 0.0257. The van der Waals surface area contributed by atoms with Crippen LogP contribution in [0.25, 0.3) is 22.6 Å². The molecule has 1 saturated heterocycles. The van der Waals surface area contributed by atoms with Crippen LogP contribution in [-0.2, 0) is 11.0 Å². The number of halogens is 3. The largest absolute Gasteiger partial charge is 0.481 e. The third-order valence-corrected chi connectivity index (χ3v) is 8.18. The average Bonchev–Trinajstić information content (AvgIpc) is 3.42. The van der Waals surface area contributed by atoms with Crippen molar-refractivity contribution in [3.63, 3.8) is 0 Å². The molecule has 2 aliphatic rings. The van der Waals surface area contributed by atoms with Crippen molar-refractivity contribution in [3.8, 4) is 22.6 Å². The number of likely N-dealkylation sites (tertiary alicyclic amines) is 1. The lowest BCUT2D eigenvalue weighted by Crippen LogP contribution is -2.34. The normalized spacial score (nSPS) is 18.1. The number of H-pyrrole nitrogens is 1. The zero-order valence-corrected chi connectivity index (χ0v) is 21.4. The van der Waals surface area contributed by atoms with Crippen LogP contribution in [0.4, 0.5) is 13.2 Å². The molecule has 1 aliphatic carbocycles. The van der Waals surface area contributed by atoms with Crippen molar-refractivity contribution in [2.45, 2.75) is 69.4 Å². The minimum atomic E-state index is -4.39. The molecular weight excluding hydrogens is 491 g/mol. The first-order valence-electron chi connectivity index (χ1n) is 13.6. The SMILES string of the molecule is O=C(O)CCN1CCC(c2ccc(-c3ncc(-c4ccc(C5CCCCC5)c(C(F)(F)F)c4)[nH]3)cc2)CC1. The number of imidazole rings is 1. The highest BCUT2D eigenvalue weighted by Crippen LogP contribution is 2.42. The number of aromatic nitrogens is 2. The van der Waals surface area contributed by atoms with Gasteiger partial charge in [0.05, 0.1) is 23.9 Å².